The molecule has 0 bridgehead atoms. The van der Waals surface area contributed by atoms with E-state index in [4.69, 9.17) is 10.8 Å². The molecule has 0 saturated carbocycles. The number of hydrazone groups is 1. The molecule has 0 aliphatic carbocycles. The van der Waals surface area contributed by atoms with Crippen molar-refractivity contribution in [2.45, 2.75) is 0 Å². The highest BCUT2D eigenvalue weighted by Gasteiger charge is 2.31. The molecule has 0 unspecified atom stereocenters. The summed E-state index contributed by atoms with van der Waals surface area (Å²) < 4.78 is 0. The van der Waals surface area contributed by atoms with Gasteiger partial charge in [0.15, 0.2) is 0 Å². The average Bonchev–Trinajstić information content (AvgIpc) is 2.41. The van der Waals surface area contributed by atoms with Crippen molar-refractivity contribution in [3.63, 3.8) is 0 Å². The van der Waals surface area contributed by atoms with E-state index < -0.39 is 11.1 Å². The monoisotopic (exact) mass is 241 g/mol. The Hall–Kier alpha value is -1.76. The Balaban J connectivity index is 2.96. The minimum Gasteiger partial charge on any atom is -0.477 e. The van der Waals surface area contributed by atoms with Crippen LogP contribution in [0.4, 0.5) is 0 Å². The molecule has 0 fully saturated rings. The van der Waals surface area contributed by atoms with Crippen molar-refractivity contribution in [3.05, 3.63) is 22.3 Å². The van der Waals surface area contributed by atoms with Crippen LogP contribution in [0.1, 0.15) is 0 Å². The van der Waals surface area contributed by atoms with Crippen molar-refractivity contribution in [2.24, 2.45) is 10.8 Å². The number of rotatable bonds is 3. The molecule has 0 amide bonds. The molecule has 1 aliphatic heterocycles. The molecule has 1 heterocycles. The maximum atomic E-state index is 11.3. The third kappa shape index (κ3) is 2.63. The molecule has 0 spiro atoms. The third-order valence-corrected chi connectivity index (χ3v) is 2.64. The number of thioether (sulfide) groups is 1. The number of hydrogen-bond acceptors (Lipinski definition) is 6. The summed E-state index contributed by atoms with van der Waals surface area (Å²) in [6.45, 7) is 0. The Morgan fingerprint density at radius 3 is 2.62 bits per heavy atom. The minimum absolute atomic E-state index is 0.00675. The summed E-state index contributed by atoms with van der Waals surface area (Å²) in [4.78, 5) is 22.4. The quantitative estimate of drug-likeness (QED) is 0.410. The van der Waals surface area contributed by atoms with Gasteiger partial charge in [-0.2, -0.15) is 5.10 Å². The molecule has 3 N–H and O–H groups in total. The van der Waals surface area contributed by atoms with Crippen LogP contribution in [0.15, 0.2) is 27.4 Å². The van der Waals surface area contributed by atoms with Gasteiger partial charge in [0.1, 0.15) is 5.57 Å². The van der Waals surface area contributed by atoms with Gasteiger partial charge in [0.2, 0.25) is 5.12 Å². The molecular formula is C9H11N3O3S. The van der Waals surface area contributed by atoms with Crippen LogP contribution in [0.25, 0.3) is 0 Å². The summed E-state index contributed by atoms with van der Waals surface area (Å²) in [5, 5.41) is 13.7. The predicted molar refractivity (Wildman–Crippen MR) is 61.7 cm³/mol. The van der Waals surface area contributed by atoms with E-state index in [-0.39, 0.29) is 11.3 Å². The summed E-state index contributed by atoms with van der Waals surface area (Å²) in [7, 11) is 3.48. The van der Waals surface area contributed by atoms with Crippen LogP contribution in [-0.2, 0) is 9.59 Å². The van der Waals surface area contributed by atoms with E-state index >= 15 is 0 Å². The van der Waals surface area contributed by atoms with Crippen molar-refractivity contribution in [2.75, 3.05) is 14.1 Å². The Morgan fingerprint density at radius 2 is 2.19 bits per heavy atom. The maximum Gasteiger partial charge on any atom is 0.342 e. The Kier molecular flexibility index (Phi) is 3.73. The van der Waals surface area contributed by atoms with Crippen molar-refractivity contribution in [3.8, 4) is 0 Å². The van der Waals surface area contributed by atoms with Gasteiger partial charge in [0, 0.05) is 25.2 Å². The van der Waals surface area contributed by atoms with E-state index in [1.165, 1.54) is 12.3 Å². The number of aliphatic carboxylic acids is 1. The highest BCUT2D eigenvalue weighted by Crippen LogP contribution is 2.34. The molecule has 0 aromatic heterocycles. The second-order valence-electron chi connectivity index (χ2n) is 3.13. The number of carboxylic acid groups (broad SMARTS) is 1. The molecule has 86 valence electrons. The van der Waals surface area contributed by atoms with Gasteiger partial charge in [-0.1, -0.05) is 0 Å². The van der Waals surface area contributed by atoms with Gasteiger partial charge < -0.3 is 15.8 Å². The lowest BCUT2D eigenvalue weighted by Gasteiger charge is -2.00. The van der Waals surface area contributed by atoms with Crippen LogP contribution < -0.4 is 5.73 Å². The number of nitrogens with two attached hydrogens (primary N) is 1. The second-order valence-corrected chi connectivity index (χ2v) is 4.14. The van der Waals surface area contributed by atoms with Crippen LogP contribution in [-0.4, -0.2) is 41.5 Å². The molecule has 6 nitrogen and oxygen atoms in total. The van der Waals surface area contributed by atoms with E-state index in [1.807, 2.05) is 0 Å². The van der Waals surface area contributed by atoms with Gasteiger partial charge in [-0.3, -0.25) is 4.79 Å². The average molecular weight is 241 g/mol. The van der Waals surface area contributed by atoms with E-state index in [2.05, 4.69) is 5.10 Å². The van der Waals surface area contributed by atoms with Gasteiger partial charge >= 0.3 is 5.97 Å². The SMILES string of the molecule is CN(C)/N=C/C=C1\SC(=O)C(C(=O)O)=C1N. The maximum absolute atomic E-state index is 11.3. The van der Waals surface area contributed by atoms with Crippen LogP contribution in [0, 0.1) is 0 Å². The molecule has 0 aromatic carbocycles. The molecule has 0 radical (unpaired) electrons. The molecule has 1 rings (SSSR count). The van der Waals surface area contributed by atoms with Crippen molar-refractivity contribution in [1.82, 2.24) is 5.01 Å². The predicted octanol–water partition coefficient (Wildman–Crippen LogP) is -0.0115. The highest BCUT2D eigenvalue weighted by molar-refractivity contribution is 8.18. The third-order valence-electron chi connectivity index (χ3n) is 1.68. The number of nitrogens with zero attached hydrogens (tertiary/aromatic N) is 2. The zero-order valence-corrected chi connectivity index (χ0v) is 9.61. The van der Waals surface area contributed by atoms with Gasteiger partial charge in [-0.05, 0) is 17.8 Å². The fraction of sp³-hybridized carbons (Fsp3) is 0.222. The molecular weight excluding hydrogens is 230 g/mol. The lowest BCUT2D eigenvalue weighted by atomic mass is 10.2. The van der Waals surface area contributed by atoms with Gasteiger partial charge in [0.05, 0.1) is 5.70 Å². The highest BCUT2D eigenvalue weighted by atomic mass is 32.2. The number of hydrogen-bond donors (Lipinski definition) is 2. The Morgan fingerprint density at radius 1 is 1.56 bits per heavy atom. The van der Waals surface area contributed by atoms with Gasteiger partial charge in [-0.15, -0.1) is 0 Å². The van der Waals surface area contributed by atoms with Gasteiger partial charge in [0.25, 0.3) is 0 Å². The standard InChI is InChI=1S/C9H11N3O3S/c1-12(2)11-4-3-5-7(10)6(8(13)14)9(15)16-5/h3-4H,10H2,1-2H3,(H,13,14)/b5-3-,11-4+. The fourth-order valence-electron chi connectivity index (χ4n) is 1.000. The van der Waals surface area contributed by atoms with E-state index in [1.54, 1.807) is 19.1 Å². The van der Waals surface area contributed by atoms with Crippen LogP contribution in [0.5, 0.6) is 0 Å². The number of carbonyl (C=O) groups is 2. The fourth-order valence-corrected chi connectivity index (χ4v) is 1.84. The normalized spacial score (nSPS) is 18.9. The summed E-state index contributed by atoms with van der Waals surface area (Å²) in [6, 6.07) is 0. The molecule has 1 aliphatic rings. The van der Waals surface area contributed by atoms with Crippen LogP contribution in [0.3, 0.4) is 0 Å². The first-order chi connectivity index (χ1) is 7.43. The minimum atomic E-state index is -1.30. The molecule has 0 saturated heterocycles. The first-order valence-corrected chi connectivity index (χ1v) is 5.12. The van der Waals surface area contributed by atoms with Crippen LogP contribution >= 0.6 is 11.8 Å². The van der Waals surface area contributed by atoms with Crippen molar-refractivity contribution < 1.29 is 14.7 Å². The van der Waals surface area contributed by atoms with E-state index in [0.29, 0.717) is 4.91 Å². The summed E-state index contributed by atoms with van der Waals surface area (Å²) >= 11 is 0.794. The summed E-state index contributed by atoms with van der Waals surface area (Å²) in [5.74, 6) is -1.30. The number of carboxylic acids is 1. The number of allylic oxidation sites excluding steroid dienone is 1. The Labute approximate surface area is 96.5 Å². The summed E-state index contributed by atoms with van der Waals surface area (Å²) in [5.41, 5.74) is 5.17. The molecule has 0 aromatic rings. The number of carbonyl (C=O) groups excluding carboxylic acids is 1. The van der Waals surface area contributed by atoms with E-state index in [0.717, 1.165) is 11.8 Å². The Bertz CT molecular complexity index is 424. The lowest BCUT2D eigenvalue weighted by Crippen LogP contribution is -2.10. The summed E-state index contributed by atoms with van der Waals surface area (Å²) in [6.07, 6.45) is 2.96. The van der Waals surface area contributed by atoms with Crippen molar-refractivity contribution >= 4 is 29.1 Å². The van der Waals surface area contributed by atoms with Crippen molar-refractivity contribution in [1.29, 1.82) is 0 Å². The van der Waals surface area contributed by atoms with Crippen LogP contribution in [0.2, 0.25) is 0 Å². The first-order valence-electron chi connectivity index (χ1n) is 4.30. The topological polar surface area (TPSA) is 96.0 Å². The second kappa shape index (κ2) is 4.84. The largest absolute Gasteiger partial charge is 0.477 e. The first kappa shape index (κ1) is 12.3. The molecule has 0 atom stereocenters. The zero-order chi connectivity index (χ0) is 12.3. The zero-order valence-electron chi connectivity index (χ0n) is 8.80. The van der Waals surface area contributed by atoms with Gasteiger partial charge in [-0.25, -0.2) is 4.79 Å². The smallest absolute Gasteiger partial charge is 0.342 e. The van der Waals surface area contributed by atoms with E-state index in [9.17, 15) is 9.59 Å². The molecule has 7 heteroatoms. The molecule has 16 heavy (non-hydrogen) atoms. The lowest BCUT2D eigenvalue weighted by molar-refractivity contribution is -0.133.